The summed E-state index contributed by atoms with van der Waals surface area (Å²) in [4.78, 5) is 17.0. The molecule has 3 aromatic rings. The van der Waals surface area contributed by atoms with Crippen molar-refractivity contribution in [3.05, 3.63) is 29.6 Å². The van der Waals surface area contributed by atoms with E-state index in [-0.39, 0.29) is 11.9 Å². The van der Waals surface area contributed by atoms with Crippen LogP contribution in [0.1, 0.15) is 13.0 Å². The van der Waals surface area contributed by atoms with Crippen LogP contribution in [0.2, 0.25) is 0 Å². The van der Waals surface area contributed by atoms with Gasteiger partial charge in [0.25, 0.3) is 0 Å². The lowest BCUT2D eigenvalue weighted by molar-refractivity contribution is -0.118. The molecule has 0 fully saturated rings. The van der Waals surface area contributed by atoms with Crippen molar-refractivity contribution in [2.24, 2.45) is 0 Å². The van der Waals surface area contributed by atoms with Crippen molar-refractivity contribution >= 4 is 40.1 Å². The van der Waals surface area contributed by atoms with Gasteiger partial charge in [-0.05, 0) is 37.4 Å². The molecule has 8 nitrogen and oxygen atoms in total. The molecule has 3 rings (SSSR count). The largest absolute Gasteiger partial charge is 0.497 e. The molecule has 2 heterocycles. The number of carbonyl (C=O) groups is 1. The van der Waals surface area contributed by atoms with Gasteiger partial charge in [0, 0.05) is 10.9 Å². The van der Waals surface area contributed by atoms with Gasteiger partial charge in [0.1, 0.15) is 11.8 Å². The summed E-state index contributed by atoms with van der Waals surface area (Å²) in [6.45, 7) is 1.74. The summed E-state index contributed by atoms with van der Waals surface area (Å²) in [6, 6.07) is 7.03. The van der Waals surface area contributed by atoms with Gasteiger partial charge < -0.3 is 15.8 Å². The number of carbonyl (C=O) groups excluding carboxylic acids is 1. The second kappa shape index (κ2) is 7.75. The standard InChI is InChI=1S/C16H18N6O2S2/c1-9(22-14(17)20-21-16(22)25-3)13(23)19-15-18-12(8-26-15)10-4-6-11(24-2)7-5-10/h4-9H,1-3H3,(H2,17,20)(H,18,19,23). The van der Waals surface area contributed by atoms with E-state index in [4.69, 9.17) is 10.5 Å². The first-order valence-corrected chi connectivity index (χ1v) is 9.79. The zero-order chi connectivity index (χ0) is 18.7. The molecule has 0 spiro atoms. The van der Waals surface area contributed by atoms with E-state index in [9.17, 15) is 4.79 Å². The number of thiazole rings is 1. The number of nitrogens with zero attached hydrogens (tertiary/aromatic N) is 4. The summed E-state index contributed by atoms with van der Waals surface area (Å²) in [5.41, 5.74) is 7.56. The molecule has 1 unspecified atom stereocenters. The Morgan fingerprint density at radius 2 is 2.08 bits per heavy atom. The highest BCUT2D eigenvalue weighted by molar-refractivity contribution is 7.98. The number of nitrogens with one attached hydrogen (secondary N) is 1. The SMILES string of the molecule is COc1ccc(-c2csc(NC(=O)C(C)n3c(N)nnc3SC)n2)cc1. The maximum absolute atomic E-state index is 12.6. The van der Waals surface area contributed by atoms with Crippen LogP contribution >= 0.6 is 23.1 Å². The van der Waals surface area contributed by atoms with Crippen molar-refractivity contribution in [1.29, 1.82) is 0 Å². The lowest BCUT2D eigenvalue weighted by atomic mass is 10.2. The van der Waals surface area contributed by atoms with E-state index in [0.29, 0.717) is 10.3 Å². The number of amides is 1. The summed E-state index contributed by atoms with van der Waals surface area (Å²) in [7, 11) is 1.62. The fourth-order valence-corrected chi connectivity index (χ4v) is 3.64. The second-order valence-corrected chi connectivity index (χ2v) is 6.98. The van der Waals surface area contributed by atoms with Crippen molar-refractivity contribution in [1.82, 2.24) is 19.7 Å². The summed E-state index contributed by atoms with van der Waals surface area (Å²) in [5, 5.41) is 13.6. The fourth-order valence-electron chi connectivity index (χ4n) is 2.34. The van der Waals surface area contributed by atoms with Crippen LogP contribution in [0.25, 0.3) is 11.3 Å². The summed E-state index contributed by atoms with van der Waals surface area (Å²) in [6.07, 6.45) is 1.85. The van der Waals surface area contributed by atoms with Crippen LogP contribution in [0.15, 0.2) is 34.8 Å². The van der Waals surface area contributed by atoms with Gasteiger partial charge in [-0.3, -0.25) is 9.36 Å². The Balaban J connectivity index is 1.73. The number of benzene rings is 1. The van der Waals surface area contributed by atoms with Gasteiger partial charge in [-0.2, -0.15) is 0 Å². The number of rotatable bonds is 6. The second-order valence-electron chi connectivity index (χ2n) is 5.35. The molecule has 0 aliphatic carbocycles. The summed E-state index contributed by atoms with van der Waals surface area (Å²) in [5.74, 6) is 0.750. The third-order valence-corrected chi connectivity index (χ3v) is 5.16. The van der Waals surface area contributed by atoms with E-state index in [1.807, 2.05) is 35.9 Å². The number of ether oxygens (including phenoxy) is 1. The molecule has 3 N–H and O–H groups in total. The fraction of sp³-hybridized carbons (Fsp3) is 0.250. The van der Waals surface area contributed by atoms with Gasteiger partial charge in [-0.1, -0.05) is 11.8 Å². The molecule has 0 saturated heterocycles. The Hall–Kier alpha value is -2.59. The van der Waals surface area contributed by atoms with Crippen LogP contribution in [-0.2, 0) is 4.79 Å². The molecule has 0 radical (unpaired) electrons. The Kier molecular flexibility index (Phi) is 5.43. The molecule has 136 valence electrons. The maximum atomic E-state index is 12.6. The first-order valence-electron chi connectivity index (χ1n) is 7.68. The molecule has 0 aliphatic heterocycles. The number of methoxy groups -OCH3 is 1. The molecule has 1 amide bonds. The maximum Gasteiger partial charge on any atom is 0.249 e. The van der Waals surface area contributed by atoms with Crippen LogP contribution in [0, 0.1) is 0 Å². The predicted molar refractivity (Wildman–Crippen MR) is 104 cm³/mol. The first-order chi connectivity index (χ1) is 12.5. The average Bonchev–Trinajstić information content (AvgIpc) is 3.27. The van der Waals surface area contributed by atoms with Gasteiger partial charge in [0.2, 0.25) is 11.9 Å². The molecule has 0 bridgehead atoms. The lowest BCUT2D eigenvalue weighted by Gasteiger charge is -2.14. The van der Waals surface area contributed by atoms with E-state index < -0.39 is 6.04 Å². The molecular formula is C16H18N6O2S2. The van der Waals surface area contributed by atoms with Gasteiger partial charge in [-0.15, -0.1) is 21.5 Å². The number of hydrogen-bond acceptors (Lipinski definition) is 8. The predicted octanol–water partition coefficient (Wildman–Crippen LogP) is 2.91. The normalized spacial score (nSPS) is 12.0. The van der Waals surface area contributed by atoms with E-state index in [1.165, 1.54) is 23.1 Å². The van der Waals surface area contributed by atoms with Crippen LogP contribution in [0.3, 0.4) is 0 Å². The van der Waals surface area contributed by atoms with Crippen LogP contribution < -0.4 is 15.8 Å². The van der Waals surface area contributed by atoms with Gasteiger partial charge in [0.05, 0.1) is 12.8 Å². The molecular weight excluding hydrogens is 372 g/mol. The van der Waals surface area contributed by atoms with Crippen molar-refractivity contribution in [2.45, 2.75) is 18.1 Å². The molecule has 1 atom stereocenters. The number of nitrogen functional groups attached to an aromatic ring is 1. The van der Waals surface area contributed by atoms with Crippen LogP contribution in [0.4, 0.5) is 11.1 Å². The van der Waals surface area contributed by atoms with E-state index in [1.54, 1.807) is 18.6 Å². The monoisotopic (exact) mass is 390 g/mol. The van der Waals surface area contributed by atoms with E-state index in [0.717, 1.165) is 17.0 Å². The first kappa shape index (κ1) is 18.2. The minimum Gasteiger partial charge on any atom is -0.497 e. The van der Waals surface area contributed by atoms with E-state index in [2.05, 4.69) is 20.5 Å². The van der Waals surface area contributed by atoms with Crippen molar-refractivity contribution in [3.8, 4) is 17.0 Å². The highest BCUT2D eigenvalue weighted by Crippen LogP contribution is 2.27. The molecule has 0 saturated carbocycles. The van der Waals surface area contributed by atoms with Gasteiger partial charge in [-0.25, -0.2) is 4.98 Å². The Morgan fingerprint density at radius 1 is 1.35 bits per heavy atom. The topological polar surface area (TPSA) is 108 Å². The van der Waals surface area contributed by atoms with Gasteiger partial charge in [0.15, 0.2) is 10.3 Å². The highest BCUT2D eigenvalue weighted by atomic mass is 32.2. The average molecular weight is 390 g/mol. The Labute approximate surface area is 158 Å². The molecule has 26 heavy (non-hydrogen) atoms. The molecule has 10 heteroatoms. The molecule has 2 aromatic heterocycles. The van der Waals surface area contributed by atoms with Crippen molar-refractivity contribution < 1.29 is 9.53 Å². The van der Waals surface area contributed by atoms with Crippen LogP contribution in [0.5, 0.6) is 5.75 Å². The summed E-state index contributed by atoms with van der Waals surface area (Å²) < 4.78 is 6.75. The summed E-state index contributed by atoms with van der Waals surface area (Å²) >= 11 is 2.74. The molecule has 0 aliphatic rings. The van der Waals surface area contributed by atoms with E-state index >= 15 is 0 Å². The highest BCUT2D eigenvalue weighted by Gasteiger charge is 2.22. The molecule has 1 aromatic carbocycles. The Morgan fingerprint density at radius 3 is 2.73 bits per heavy atom. The number of anilines is 2. The van der Waals surface area contributed by atoms with Crippen LogP contribution in [-0.4, -0.2) is 39.0 Å². The van der Waals surface area contributed by atoms with Crippen molar-refractivity contribution in [2.75, 3.05) is 24.4 Å². The number of thioether (sulfide) groups is 1. The lowest BCUT2D eigenvalue weighted by Crippen LogP contribution is -2.25. The zero-order valence-corrected chi connectivity index (χ0v) is 16.1. The quantitative estimate of drug-likeness (QED) is 0.623. The van der Waals surface area contributed by atoms with Crippen molar-refractivity contribution in [3.63, 3.8) is 0 Å². The van der Waals surface area contributed by atoms with Gasteiger partial charge >= 0.3 is 0 Å². The smallest absolute Gasteiger partial charge is 0.249 e. The zero-order valence-electron chi connectivity index (χ0n) is 14.5. The number of nitrogens with two attached hydrogens (primary N) is 1. The third kappa shape index (κ3) is 3.65. The third-order valence-electron chi connectivity index (χ3n) is 3.76. The minimum atomic E-state index is -0.555. The number of aromatic nitrogens is 4. The Bertz CT molecular complexity index is 906. The number of hydrogen-bond donors (Lipinski definition) is 2. The minimum absolute atomic E-state index is 0.204.